The van der Waals surface area contributed by atoms with Gasteiger partial charge in [0, 0.05) is 97.2 Å². The fourth-order valence-electron chi connectivity index (χ4n) is 11.7. The molecule has 29 nitrogen and oxygen atoms in total. The Bertz CT molecular complexity index is 5770. The lowest BCUT2D eigenvalue weighted by Gasteiger charge is -2.21. The highest BCUT2D eigenvalue weighted by Crippen LogP contribution is 2.38. The van der Waals surface area contributed by atoms with Gasteiger partial charge in [-0.3, -0.25) is 38.4 Å². The average molecular weight is 2040 g/mol. The Labute approximate surface area is 822 Å². The van der Waals surface area contributed by atoms with Crippen molar-refractivity contribution < 1.29 is 154 Å². The van der Waals surface area contributed by atoms with Crippen LogP contribution in [0.25, 0.3) is 44.5 Å². The molecule has 9 aromatic carbocycles. The smallest absolute Gasteiger partial charge is 0.372 e. The molecule has 41 heteroatoms. The van der Waals surface area contributed by atoms with Gasteiger partial charge in [0.05, 0.1) is 31.3 Å². The van der Waals surface area contributed by atoms with Crippen molar-refractivity contribution in [3.8, 4) is 73.3 Å². The summed E-state index contributed by atoms with van der Waals surface area (Å²) < 4.78 is 158. The average Bonchev–Trinajstić information content (AvgIpc) is 0.814. The van der Waals surface area contributed by atoms with E-state index in [1.54, 1.807) is 86.6 Å². The highest BCUT2D eigenvalue weighted by molar-refractivity contribution is 8.14. The topological polar surface area (TPSA) is 404 Å². The van der Waals surface area contributed by atoms with Gasteiger partial charge < -0.3 is 63.9 Å². The number of esters is 4. The zero-order valence-corrected chi connectivity index (χ0v) is 82.6. The lowest BCUT2D eigenvalue weighted by molar-refractivity contribution is -0.125. The van der Waals surface area contributed by atoms with Crippen LogP contribution in [-0.4, -0.2) is 163 Å². The molecule has 0 radical (unpaired) electrons. The number of ether oxygens (including phenoxy) is 9. The molecule has 0 aromatic heterocycles. The number of rotatable bonds is 31. The fourth-order valence-corrected chi connectivity index (χ4v) is 14.8. The predicted octanol–water partition coefficient (Wildman–Crippen LogP) is 20.1. The summed E-state index contributed by atoms with van der Waals surface area (Å²) in [5.41, 5.74) is -1.45. The molecule has 0 saturated heterocycles. The van der Waals surface area contributed by atoms with Crippen molar-refractivity contribution in [3.05, 3.63) is 244 Å². The summed E-state index contributed by atoms with van der Waals surface area (Å²) in [7, 11) is 1.52. The van der Waals surface area contributed by atoms with Crippen molar-refractivity contribution in [2.45, 2.75) is 165 Å². The predicted molar refractivity (Wildman–Crippen MR) is 512 cm³/mol. The van der Waals surface area contributed by atoms with Crippen LogP contribution in [0.15, 0.2) is 170 Å². The Hall–Kier alpha value is -14.1. The Morgan fingerprint density at radius 3 is 0.702 bits per heavy atom. The van der Waals surface area contributed by atoms with Crippen molar-refractivity contribution in [1.29, 1.82) is 0 Å². The number of hydrogen-bond donors (Lipinski definition) is 4. The molecule has 9 aromatic rings. The van der Waals surface area contributed by atoms with Crippen LogP contribution in [0.2, 0.25) is 0 Å². The number of hydrogen-bond acceptors (Lipinski definition) is 29. The number of methoxy groups -OCH3 is 1. The molecule has 2 unspecified atom stereocenters. The number of ketones is 4. The summed E-state index contributed by atoms with van der Waals surface area (Å²) in [6.07, 6.45) is 0. The summed E-state index contributed by atoms with van der Waals surface area (Å²) in [6.45, 7) is 24.9. The monoisotopic (exact) mass is 2040 g/mol. The Morgan fingerprint density at radius 2 is 0.511 bits per heavy atom. The van der Waals surface area contributed by atoms with E-state index < -0.39 is 156 Å². The summed E-state index contributed by atoms with van der Waals surface area (Å²) in [6, 6.07) is 31.3. The van der Waals surface area contributed by atoms with Gasteiger partial charge in [0.15, 0.2) is 23.1 Å². The minimum Gasteiger partial charge on any atom is -0.497 e. The highest BCUT2D eigenvalue weighted by Gasteiger charge is 2.32. The minimum absolute atomic E-state index is 0.0208. The molecule has 4 amide bonds. The van der Waals surface area contributed by atoms with Crippen LogP contribution in [0, 0.1) is 46.5 Å². The molecule has 4 N–H and O–H groups in total. The van der Waals surface area contributed by atoms with Crippen LogP contribution in [0.1, 0.15) is 165 Å². The summed E-state index contributed by atoms with van der Waals surface area (Å²) in [5, 5.41) is 6.40. The number of carbonyl (C=O) groups excluding carboxylic acids is 16. The van der Waals surface area contributed by atoms with Gasteiger partial charge in [-0.15, -0.1) is 0 Å². The molecule has 4 atom stereocenters. The van der Waals surface area contributed by atoms with E-state index in [4.69, 9.17) is 42.6 Å². The standard InChI is InChI=1S/C28H25F2NO7S.3C24H25F2NO6S/c1-16(32)25(31-17(2)33)15-39-28(35)38-26-11-6-19(22-10-7-20(29)13-24(22)30)12-23(26)27(34)37-14-18-4-8-21(36-3)9-5-18;3*1-13(28)20(27-14(2)29)12-34-23(31)32-21-9-6-15(17-8-7-16(25)11-19(17)26)10-18(21)22(30)33-24(3,4)5/h4-13,25H,14-15H2,1-3H3,(H,31,33);3*6-11,20H,12H2,1-5H3,(H,27,29)/t;2*20-;/m.10./s1. The number of benzene rings is 9. The molecular weight excluding hydrogens is 1940 g/mol. The number of thioether (sulfide) groups is 4. The number of Topliss-reactive ketones (excluding diaryl/α,β-unsaturated/α-hetero) is 4. The largest absolute Gasteiger partial charge is 0.497 e. The Kier molecular flexibility index (Phi) is 43.8. The van der Waals surface area contributed by atoms with Crippen LogP contribution in [-0.2, 0) is 63.9 Å². The van der Waals surface area contributed by atoms with Crippen molar-refractivity contribution in [2.24, 2.45) is 0 Å². The van der Waals surface area contributed by atoms with E-state index in [1.807, 2.05) is 0 Å². The zero-order valence-electron chi connectivity index (χ0n) is 79.4. The van der Waals surface area contributed by atoms with Crippen LogP contribution >= 0.6 is 47.0 Å². The first-order chi connectivity index (χ1) is 65.9. The quantitative estimate of drug-likeness (QED) is 0.0178. The van der Waals surface area contributed by atoms with Crippen molar-refractivity contribution in [3.63, 3.8) is 0 Å². The molecule has 0 saturated carbocycles. The van der Waals surface area contributed by atoms with Gasteiger partial charge >= 0.3 is 45.1 Å². The van der Waals surface area contributed by atoms with Gasteiger partial charge in [-0.1, -0.05) is 36.4 Å². The molecule has 9 rings (SSSR count). The molecule has 0 heterocycles. The molecule has 0 fully saturated rings. The van der Waals surface area contributed by atoms with Crippen molar-refractivity contribution in [2.75, 3.05) is 30.1 Å². The maximum Gasteiger partial charge on any atom is 0.372 e. The molecule has 0 aliphatic rings. The molecular formula is C100H100F8N4O25S4. The van der Waals surface area contributed by atoms with Gasteiger partial charge in [-0.05, 0) is 274 Å². The van der Waals surface area contributed by atoms with Crippen LogP contribution in [0.3, 0.4) is 0 Å². The third-order valence-corrected chi connectivity index (χ3v) is 21.5. The third-order valence-electron chi connectivity index (χ3n) is 18.2. The fraction of sp³-hybridized carbons (Fsp3) is 0.300. The van der Waals surface area contributed by atoms with E-state index in [0.717, 1.165) is 24.3 Å². The first-order valence-corrected chi connectivity index (χ1v) is 46.2. The summed E-state index contributed by atoms with van der Waals surface area (Å²) in [5.74, 6) is -13.0. The molecule has 0 spiro atoms. The first-order valence-electron chi connectivity index (χ1n) is 42.2. The van der Waals surface area contributed by atoms with E-state index >= 15 is 0 Å². The van der Waals surface area contributed by atoms with E-state index in [9.17, 15) is 112 Å². The maximum absolute atomic E-state index is 14.4. The molecule has 141 heavy (non-hydrogen) atoms. The second-order valence-corrected chi connectivity index (χ2v) is 37.2. The van der Waals surface area contributed by atoms with E-state index in [2.05, 4.69) is 21.3 Å². The molecule has 0 aliphatic carbocycles. The van der Waals surface area contributed by atoms with Gasteiger partial charge in [-0.25, -0.2) is 73.5 Å². The van der Waals surface area contributed by atoms with Crippen LogP contribution < -0.4 is 45.0 Å². The Balaban J connectivity index is 0.000000289. The SMILES string of the molecule is CC(=O)NC(CSC(=O)Oc1ccc(-c2ccc(F)cc2F)cc1C(=O)OC(C)(C)C)C(C)=O.CC(=O)N[C@@H](CSC(=O)Oc1ccc(-c2ccc(F)cc2F)cc1C(=O)OC(C)(C)C)C(C)=O.CC(=O)N[C@H](CSC(=O)Oc1ccc(-c2ccc(F)cc2F)cc1C(=O)OC(C)(C)C)C(C)=O.COc1ccc(COC(=O)c2cc(-c3ccc(F)cc3F)ccc2OC(=O)SCC(NC(C)=O)C(C)=O)cc1. The van der Waals surface area contributed by atoms with Gasteiger partial charge in [-0.2, -0.15) is 0 Å². The lowest BCUT2D eigenvalue weighted by atomic mass is 10.0. The number of carbonyl (C=O) groups is 16. The Morgan fingerprint density at radius 1 is 0.291 bits per heavy atom. The summed E-state index contributed by atoms with van der Waals surface area (Å²) in [4.78, 5) is 193. The molecule has 750 valence electrons. The van der Waals surface area contributed by atoms with Gasteiger partial charge in [0.25, 0.3) is 0 Å². The van der Waals surface area contributed by atoms with Crippen LogP contribution in [0.5, 0.6) is 28.7 Å². The van der Waals surface area contributed by atoms with Gasteiger partial charge in [0.2, 0.25) is 23.6 Å². The second kappa shape index (κ2) is 53.4. The number of amides is 4. The maximum atomic E-state index is 14.4. The number of nitrogens with one attached hydrogen (secondary N) is 4. The van der Waals surface area contributed by atoms with E-state index in [0.29, 0.717) is 82.6 Å². The normalized spacial score (nSPS) is 11.8. The van der Waals surface area contributed by atoms with Crippen molar-refractivity contribution >= 4 is 139 Å². The van der Waals surface area contributed by atoms with E-state index in [1.165, 1.54) is 160 Å². The first kappa shape index (κ1) is 116. The molecule has 0 aliphatic heterocycles. The zero-order chi connectivity index (χ0) is 105. The minimum atomic E-state index is -0.905. The number of halogens is 8. The highest BCUT2D eigenvalue weighted by atomic mass is 32.2. The second-order valence-electron chi connectivity index (χ2n) is 33.4. The van der Waals surface area contributed by atoms with Crippen molar-refractivity contribution in [1.82, 2.24) is 21.3 Å². The lowest BCUT2D eigenvalue weighted by Crippen LogP contribution is -2.40. The van der Waals surface area contributed by atoms with Crippen LogP contribution in [0.4, 0.5) is 54.3 Å². The third kappa shape index (κ3) is 39.3. The summed E-state index contributed by atoms with van der Waals surface area (Å²) >= 11 is 2.54. The van der Waals surface area contributed by atoms with Gasteiger partial charge in [0.1, 0.15) is 121 Å². The van der Waals surface area contributed by atoms with E-state index in [-0.39, 0.29) is 143 Å². The molecule has 0 bridgehead atoms.